The highest BCUT2D eigenvalue weighted by molar-refractivity contribution is 5.79. The van der Waals surface area contributed by atoms with Gasteiger partial charge in [-0.3, -0.25) is 14.5 Å². The van der Waals surface area contributed by atoms with Gasteiger partial charge in [0.05, 0.1) is 6.54 Å². The third-order valence-corrected chi connectivity index (χ3v) is 8.65. The van der Waals surface area contributed by atoms with Crippen molar-refractivity contribution in [3.05, 3.63) is 77.4 Å². The Hall–Kier alpha value is -3.16. The Morgan fingerprint density at radius 2 is 1.80 bits per heavy atom. The van der Waals surface area contributed by atoms with Crippen molar-refractivity contribution in [2.45, 2.75) is 45.7 Å². The second-order valence-corrected chi connectivity index (χ2v) is 11.6. The maximum atomic E-state index is 13.7. The number of carbonyl (C=O) groups excluding carboxylic acids is 2. The molecule has 40 heavy (non-hydrogen) atoms. The monoisotopic (exact) mass is 544 g/mol. The molecule has 0 spiro atoms. The second-order valence-electron chi connectivity index (χ2n) is 11.6. The average Bonchev–Trinajstić information content (AvgIpc) is 3.47. The van der Waals surface area contributed by atoms with Crippen LogP contribution in [0.5, 0.6) is 5.75 Å². The van der Waals surface area contributed by atoms with E-state index in [9.17, 15) is 9.59 Å². The molecule has 2 fully saturated rings. The lowest BCUT2D eigenvalue weighted by molar-refractivity contribution is -0.135. The molecule has 0 saturated carbocycles. The van der Waals surface area contributed by atoms with Gasteiger partial charge in [0.2, 0.25) is 11.8 Å². The normalized spacial score (nSPS) is 23.3. The number of benzene rings is 2. The lowest BCUT2D eigenvalue weighted by Crippen LogP contribution is -2.47. The van der Waals surface area contributed by atoms with Gasteiger partial charge in [-0.15, -0.1) is 0 Å². The molecule has 2 saturated heterocycles. The molecule has 214 valence electrons. The number of fused-ring (bicyclic) bond motifs is 3. The summed E-state index contributed by atoms with van der Waals surface area (Å²) in [6.07, 6.45) is 8.10. The van der Waals surface area contributed by atoms with E-state index >= 15 is 0 Å². The fourth-order valence-electron chi connectivity index (χ4n) is 6.27. The van der Waals surface area contributed by atoms with Crippen molar-refractivity contribution in [1.29, 1.82) is 0 Å². The van der Waals surface area contributed by atoms with E-state index in [1.807, 2.05) is 23.1 Å². The van der Waals surface area contributed by atoms with Gasteiger partial charge in [0.1, 0.15) is 12.4 Å². The molecule has 0 unspecified atom stereocenters. The molecule has 7 heteroatoms. The van der Waals surface area contributed by atoms with E-state index < -0.39 is 0 Å². The molecule has 2 aromatic carbocycles. The molecule has 2 amide bonds. The summed E-state index contributed by atoms with van der Waals surface area (Å²) in [6.45, 7) is 9.54. The summed E-state index contributed by atoms with van der Waals surface area (Å²) in [5, 5.41) is 3.14. The van der Waals surface area contributed by atoms with Crippen molar-refractivity contribution in [1.82, 2.24) is 20.0 Å². The van der Waals surface area contributed by atoms with Gasteiger partial charge >= 0.3 is 0 Å². The zero-order valence-corrected chi connectivity index (χ0v) is 23.9. The second kappa shape index (κ2) is 14.0. The van der Waals surface area contributed by atoms with Crippen molar-refractivity contribution in [2.24, 2.45) is 11.8 Å². The summed E-state index contributed by atoms with van der Waals surface area (Å²) in [7, 11) is 0. The van der Waals surface area contributed by atoms with Crippen LogP contribution in [0.2, 0.25) is 0 Å². The lowest BCUT2D eigenvalue weighted by Gasteiger charge is -2.38. The van der Waals surface area contributed by atoms with Crippen LogP contribution < -0.4 is 10.1 Å². The number of hydrogen-bond donors (Lipinski definition) is 1. The smallest absolute Gasteiger partial charge is 0.236 e. The van der Waals surface area contributed by atoms with Gasteiger partial charge in [0.25, 0.3) is 0 Å². The van der Waals surface area contributed by atoms with Crippen LogP contribution in [0.25, 0.3) is 0 Å². The summed E-state index contributed by atoms with van der Waals surface area (Å²) in [5.41, 5.74) is 3.54. The van der Waals surface area contributed by atoms with Crippen LogP contribution in [-0.2, 0) is 22.7 Å². The molecule has 3 aliphatic rings. The highest BCUT2D eigenvalue weighted by Crippen LogP contribution is 2.29. The van der Waals surface area contributed by atoms with Crippen molar-refractivity contribution in [3.8, 4) is 5.75 Å². The summed E-state index contributed by atoms with van der Waals surface area (Å²) in [4.78, 5) is 33.2. The topological polar surface area (TPSA) is 65.1 Å². The molecule has 0 radical (unpaired) electrons. The van der Waals surface area contributed by atoms with Crippen LogP contribution >= 0.6 is 0 Å². The highest BCUT2D eigenvalue weighted by atomic mass is 16.5. The fraction of sp³-hybridized carbons (Fsp3) is 0.515. The number of ether oxygens (including phenoxy) is 1. The van der Waals surface area contributed by atoms with Crippen LogP contribution in [0, 0.1) is 18.8 Å². The lowest BCUT2D eigenvalue weighted by atomic mass is 9.82. The van der Waals surface area contributed by atoms with E-state index in [1.165, 1.54) is 24.0 Å². The zero-order valence-electron chi connectivity index (χ0n) is 23.9. The van der Waals surface area contributed by atoms with Gasteiger partial charge in [-0.2, -0.15) is 0 Å². The van der Waals surface area contributed by atoms with Crippen molar-refractivity contribution in [3.63, 3.8) is 0 Å². The Kier molecular flexibility index (Phi) is 9.90. The van der Waals surface area contributed by atoms with Gasteiger partial charge in [0, 0.05) is 51.3 Å². The SMILES string of the molecule is Cc1ccccc1CN1CC(=O)N2CC[C@@H](CC(=O)NCCN3CCCC3)[C@@H](/C=C/COc3ccccc3C1)C2. The summed E-state index contributed by atoms with van der Waals surface area (Å²) >= 11 is 0. The number of piperidine rings is 1. The number of rotatable bonds is 7. The molecule has 7 nitrogen and oxygen atoms in total. The average molecular weight is 545 g/mol. The zero-order chi connectivity index (χ0) is 27.7. The molecular formula is C33H44N4O3. The number of para-hydroxylation sites is 1. The molecule has 3 heterocycles. The quantitative estimate of drug-likeness (QED) is 0.534. The largest absolute Gasteiger partial charge is 0.489 e. The molecule has 2 bridgehead atoms. The Bertz CT molecular complexity index is 1180. The van der Waals surface area contributed by atoms with Crippen LogP contribution in [-0.4, -0.2) is 78.9 Å². The molecule has 2 aromatic rings. The predicted molar refractivity (Wildman–Crippen MR) is 158 cm³/mol. The minimum atomic E-state index is 0.120. The van der Waals surface area contributed by atoms with E-state index in [0.717, 1.165) is 37.4 Å². The summed E-state index contributed by atoms with van der Waals surface area (Å²) < 4.78 is 6.21. The fourth-order valence-corrected chi connectivity index (χ4v) is 6.27. The van der Waals surface area contributed by atoms with Crippen LogP contribution in [0.15, 0.2) is 60.7 Å². The van der Waals surface area contributed by atoms with Crippen molar-refractivity contribution >= 4 is 11.8 Å². The van der Waals surface area contributed by atoms with Gasteiger partial charge in [0.15, 0.2) is 0 Å². The van der Waals surface area contributed by atoms with Crippen LogP contribution in [0.3, 0.4) is 0 Å². The molecule has 0 aromatic heterocycles. The first-order valence-electron chi connectivity index (χ1n) is 15.0. The minimum absolute atomic E-state index is 0.120. The molecule has 3 aliphatic heterocycles. The first kappa shape index (κ1) is 28.4. The van der Waals surface area contributed by atoms with Gasteiger partial charge < -0.3 is 19.9 Å². The molecule has 1 N–H and O–H groups in total. The van der Waals surface area contributed by atoms with Crippen LogP contribution in [0.1, 0.15) is 42.4 Å². The van der Waals surface area contributed by atoms with Crippen molar-refractivity contribution < 1.29 is 14.3 Å². The van der Waals surface area contributed by atoms with E-state index in [2.05, 4.69) is 64.5 Å². The predicted octanol–water partition coefficient (Wildman–Crippen LogP) is 4.01. The number of likely N-dealkylation sites (tertiary alicyclic amines) is 1. The van der Waals surface area contributed by atoms with Gasteiger partial charge in [-0.25, -0.2) is 0 Å². The Morgan fingerprint density at radius 3 is 2.65 bits per heavy atom. The number of aryl methyl sites for hydroxylation is 1. The highest BCUT2D eigenvalue weighted by Gasteiger charge is 2.32. The third-order valence-electron chi connectivity index (χ3n) is 8.65. The van der Waals surface area contributed by atoms with E-state index in [0.29, 0.717) is 52.3 Å². The van der Waals surface area contributed by atoms with Gasteiger partial charge in [-0.1, -0.05) is 54.6 Å². The van der Waals surface area contributed by atoms with Gasteiger partial charge in [-0.05, 0) is 68.3 Å². The molecule has 5 rings (SSSR count). The minimum Gasteiger partial charge on any atom is -0.489 e. The first-order valence-corrected chi connectivity index (χ1v) is 15.0. The third kappa shape index (κ3) is 7.73. The van der Waals surface area contributed by atoms with E-state index in [-0.39, 0.29) is 23.7 Å². The Labute approximate surface area is 239 Å². The maximum absolute atomic E-state index is 13.7. The molecular weight excluding hydrogens is 500 g/mol. The van der Waals surface area contributed by atoms with Crippen LogP contribution in [0.4, 0.5) is 0 Å². The number of amides is 2. The molecule has 0 aliphatic carbocycles. The van der Waals surface area contributed by atoms with Crippen molar-refractivity contribution in [2.75, 3.05) is 52.4 Å². The Morgan fingerprint density at radius 1 is 1.00 bits per heavy atom. The number of nitrogens with zero attached hydrogens (tertiary/aromatic N) is 3. The van der Waals surface area contributed by atoms with E-state index in [1.54, 1.807) is 0 Å². The molecule has 2 atom stereocenters. The number of hydrogen-bond acceptors (Lipinski definition) is 5. The standard InChI is InChI=1S/C33H44N4O3/c1-26-9-2-3-10-28(26)22-36-23-30-11-4-5-13-31(30)40-20-8-12-29-24-37(33(39)25-36)18-14-27(29)21-32(38)34-15-19-35-16-6-7-17-35/h2-5,8-13,27,29H,6-7,14-25H2,1H3,(H,34,38)/b12-8+/t27-,29-/m0/s1. The first-order chi connectivity index (χ1) is 19.5. The Balaban J connectivity index is 1.28. The summed E-state index contributed by atoms with van der Waals surface area (Å²) in [5.74, 6) is 1.47. The summed E-state index contributed by atoms with van der Waals surface area (Å²) in [6, 6.07) is 16.5. The number of carbonyl (C=O) groups is 2. The number of nitrogens with one attached hydrogen (secondary N) is 1. The van der Waals surface area contributed by atoms with E-state index in [4.69, 9.17) is 4.74 Å². The maximum Gasteiger partial charge on any atom is 0.236 e.